The fourth-order valence-corrected chi connectivity index (χ4v) is 2.73. The van der Waals surface area contributed by atoms with Gasteiger partial charge in [-0.15, -0.1) is 11.3 Å². The highest BCUT2D eigenvalue weighted by molar-refractivity contribution is 9.10. The summed E-state index contributed by atoms with van der Waals surface area (Å²) in [6.45, 7) is 1.61. The largest absolute Gasteiger partial charge is 0.481 e. The molecular formula is C15H15BrN2O3S. The van der Waals surface area contributed by atoms with E-state index < -0.39 is 12.0 Å². The number of thiophene rings is 1. The number of halogens is 1. The number of rotatable bonds is 5. The fraction of sp³-hybridized carbons (Fsp3) is 0.200. The second-order valence-corrected chi connectivity index (χ2v) is 6.46. The van der Waals surface area contributed by atoms with Crippen molar-refractivity contribution in [1.29, 1.82) is 0 Å². The summed E-state index contributed by atoms with van der Waals surface area (Å²) in [5.74, 6) is -0.119. The first-order valence-electron chi connectivity index (χ1n) is 6.58. The lowest BCUT2D eigenvalue weighted by Gasteiger charge is -2.15. The van der Waals surface area contributed by atoms with Crippen LogP contribution in [0, 0.1) is 0 Å². The molecule has 0 aliphatic carbocycles. The molecule has 2 N–H and O–H groups in total. The number of benzene rings is 1. The van der Waals surface area contributed by atoms with Gasteiger partial charge in [-0.25, -0.2) is 0 Å². The number of hydrazine groups is 1. The number of carbonyl (C=O) groups is 2. The van der Waals surface area contributed by atoms with Crippen LogP contribution in [0.1, 0.15) is 11.8 Å². The van der Waals surface area contributed by atoms with Crippen molar-refractivity contribution < 1.29 is 14.3 Å². The molecule has 22 heavy (non-hydrogen) atoms. The van der Waals surface area contributed by atoms with Gasteiger partial charge in [-0.1, -0.05) is 28.1 Å². The van der Waals surface area contributed by atoms with Crippen molar-refractivity contribution in [2.24, 2.45) is 0 Å². The first kappa shape index (κ1) is 16.5. The Balaban J connectivity index is 1.77. The lowest BCUT2D eigenvalue weighted by atomic mass is 10.3. The van der Waals surface area contributed by atoms with Crippen LogP contribution in [0.15, 0.2) is 46.3 Å². The van der Waals surface area contributed by atoms with Crippen molar-refractivity contribution in [2.75, 3.05) is 0 Å². The summed E-state index contributed by atoms with van der Waals surface area (Å²) in [7, 11) is 0. The van der Waals surface area contributed by atoms with E-state index in [0.29, 0.717) is 5.75 Å². The maximum absolute atomic E-state index is 11.9. The normalized spacial score (nSPS) is 11.5. The van der Waals surface area contributed by atoms with E-state index in [1.165, 1.54) is 11.3 Å². The molecule has 1 aromatic carbocycles. The Morgan fingerprint density at radius 3 is 2.77 bits per heavy atom. The van der Waals surface area contributed by atoms with Gasteiger partial charge in [0, 0.05) is 9.35 Å². The summed E-state index contributed by atoms with van der Waals surface area (Å²) >= 11 is 4.82. The molecule has 0 aliphatic rings. The van der Waals surface area contributed by atoms with Gasteiger partial charge in [0.05, 0.1) is 6.42 Å². The molecule has 2 amide bonds. The highest BCUT2D eigenvalue weighted by atomic mass is 79.9. The summed E-state index contributed by atoms with van der Waals surface area (Å²) in [4.78, 5) is 24.5. The van der Waals surface area contributed by atoms with Gasteiger partial charge in [-0.05, 0) is 36.6 Å². The van der Waals surface area contributed by atoms with Crippen molar-refractivity contribution in [2.45, 2.75) is 19.4 Å². The summed E-state index contributed by atoms with van der Waals surface area (Å²) < 4.78 is 6.37. The zero-order valence-electron chi connectivity index (χ0n) is 11.8. The van der Waals surface area contributed by atoms with Crippen molar-refractivity contribution in [1.82, 2.24) is 10.9 Å². The molecule has 0 bridgehead atoms. The molecule has 1 unspecified atom stereocenters. The lowest BCUT2D eigenvalue weighted by molar-refractivity contribution is -0.132. The molecule has 5 nitrogen and oxygen atoms in total. The molecule has 0 saturated heterocycles. The smallest absolute Gasteiger partial charge is 0.279 e. The Morgan fingerprint density at radius 2 is 2.09 bits per heavy atom. The van der Waals surface area contributed by atoms with Gasteiger partial charge in [0.15, 0.2) is 6.10 Å². The van der Waals surface area contributed by atoms with E-state index >= 15 is 0 Å². The Bertz CT molecular complexity index is 646. The molecule has 0 aliphatic heterocycles. The monoisotopic (exact) mass is 382 g/mol. The van der Waals surface area contributed by atoms with Crippen molar-refractivity contribution in [3.8, 4) is 5.75 Å². The second-order valence-electron chi connectivity index (χ2n) is 4.51. The second kappa shape index (κ2) is 7.95. The van der Waals surface area contributed by atoms with Gasteiger partial charge in [0.2, 0.25) is 5.91 Å². The van der Waals surface area contributed by atoms with Crippen LogP contribution in [0.3, 0.4) is 0 Å². The Hall–Kier alpha value is -1.86. The highest BCUT2D eigenvalue weighted by Crippen LogP contribution is 2.18. The Morgan fingerprint density at radius 1 is 1.27 bits per heavy atom. The molecule has 1 heterocycles. The molecule has 7 heteroatoms. The minimum absolute atomic E-state index is 0.235. The summed E-state index contributed by atoms with van der Waals surface area (Å²) in [6, 6.07) is 10.9. The van der Waals surface area contributed by atoms with Crippen LogP contribution in [-0.4, -0.2) is 17.9 Å². The minimum Gasteiger partial charge on any atom is -0.481 e. The molecule has 1 aromatic heterocycles. The Kier molecular flexibility index (Phi) is 5.97. The molecular weight excluding hydrogens is 368 g/mol. The molecule has 116 valence electrons. The van der Waals surface area contributed by atoms with E-state index in [1.807, 2.05) is 29.6 Å². The first-order chi connectivity index (χ1) is 10.5. The van der Waals surface area contributed by atoms with E-state index in [0.717, 1.165) is 9.35 Å². The van der Waals surface area contributed by atoms with Crippen molar-refractivity contribution in [3.63, 3.8) is 0 Å². The van der Waals surface area contributed by atoms with Gasteiger partial charge in [-0.2, -0.15) is 0 Å². The SMILES string of the molecule is CC(Oc1cccc(Br)c1)C(=O)NNC(=O)Cc1cccs1. The molecule has 0 radical (unpaired) electrons. The number of hydrogen-bond acceptors (Lipinski definition) is 4. The van der Waals surface area contributed by atoms with Crippen LogP contribution >= 0.6 is 27.3 Å². The van der Waals surface area contributed by atoms with Crippen LogP contribution in [0.5, 0.6) is 5.75 Å². The zero-order chi connectivity index (χ0) is 15.9. The quantitative estimate of drug-likeness (QED) is 0.781. The van der Waals surface area contributed by atoms with Crippen LogP contribution in [-0.2, 0) is 16.0 Å². The van der Waals surface area contributed by atoms with E-state index in [-0.39, 0.29) is 12.3 Å². The van der Waals surface area contributed by atoms with E-state index in [4.69, 9.17) is 4.74 Å². The first-order valence-corrected chi connectivity index (χ1v) is 8.25. The average molecular weight is 383 g/mol. The molecule has 1 atom stereocenters. The van der Waals surface area contributed by atoms with Crippen LogP contribution in [0.25, 0.3) is 0 Å². The van der Waals surface area contributed by atoms with Gasteiger partial charge in [-0.3, -0.25) is 20.4 Å². The maximum Gasteiger partial charge on any atom is 0.279 e. The third kappa shape index (κ3) is 5.16. The third-order valence-electron chi connectivity index (χ3n) is 2.72. The van der Waals surface area contributed by atoms with E-state index in [2.05, 4.69) is 26.8 Å². The number of carbonyl (C=O) groups excluding carboxylic acids is 2. The summed E-state index contributed by atoms with van der Waals surface area (Å²) in [5, 5.41) is 1.90. The summed E-state index contributed by atoms with van der Waals surface area (Å²) in [6.07, 6.45) is -0.491. The molecule has 2 aromatic rings. The zero-order valence-corrected chi connectivity index (χ0v) is 14.2. The van der Waals surface area contributed by atoms with Crippen molar-refractivity contribution >= 4 is 39.1 Å². The number of nitrogens with one attached hydrogen (secondary N) is 2. The maximum atomic E-state index is 11.9. The van der Waals surface area contributed by atoms with Gasteiger partial charge in [0.1, 0.15) is 5.75 Å². The minimum atomic E-state index is -0.726. The number of amides is 2. The fourth-order valence-electron chi connectivity index (χ4n) is 1.65. The highest BCUT2D eigenvalue weighted by Gasteiger charge is 2.15. The van der Waals surface area contributed by atoms with Crippen LogP contribution < -0.4 is 15.6 Å². The standard InChI is InChI=1S/C15H15BrN2O3S/c1-10(21-12-5-2-4-11(16)8-12)15(20)18-17-14(19)9-13-6-3-7-22-13/h2-8,10H,9H2,1H3,(H,17,19)(H,18,20). The molecule has 0 spiro atoms. The molecule has 0 saturated carbocycles. The number of hydrogen-bond donors (Lipinski definition) is 2. The van der Waals surface area contributed by atoms with Crippen LogP contribution in [0.2, 0.25) is 0 Å². The average Bonchev–Trinajstić information content (AvgIpc) is 2.97. The van der Waals surface area contributed by atoms with Gasteiger partial charge in [0.25, 0.3) is 5.91 Å². The summed E-state index contributed by atoms with van der Waals surface area (Å²) in [5.41, 5.74) is 4.74. The number of ether oxygens (including phenoxy) is 1. The third-order valence-corrected chi connectivity index (χ3v) is 4.09. The predicted octanol–water partition coefficient (Wildman–Crippen LogP) is 2.67. The van der Waals surface area contributed by atoms with E-state index in [1.54, 1.807) is 19.1 Å². The van der Waals surface area contributed by atoms with Gasteiger partial charge < -0.3 is 4.74 Å². The topological polar surface area (TPSA) is 67.4 Å². The van der Waals surface area contributed by atoms with Gasteiger partial charge >= 0.3 is 0 Å². The molecule has 2 rings (SSSR count). The predicted molar refractivity (Wildman–Crippen MR) is 88.5 cm³/mol. The Labute approximate surface area is 140 Å². The van der Waals surface area contributed by atoms with Crippen LogP contribution in [0.4, 0.5) is 0 Å². The lowest BCUT2D eigenvalue weighted by Crippen LogP contribution is -2.47. The van der Waals surface area contributed by atoms with E-state index in [9.17, 15) is 9.59 Å². The molecule has 0 fully saturated rings. The van der Waals surface area contributed by atoms with Crippen molar-refractivity contribution in [3.05, 3.63) is 51.1 Å².